The van der Waals surface area contributed by atoms with Crippen molar-refractivity contribution in [2.24, 2.45) is 5.92 Å². The monoisotopic (exact) mass is 594 g/mol. The second-order valence-corrected chi connectivity index (χ2v) is 13.9. The van der Waals surface area contributed by atoms with Crippen molar-refractivity contribution in [2.75, 3.05) is 30.7 Å². The third-order valence-electron chi connectivity index (χ3n) is 7.59. The van der Waals surface area contributed by atoms with E-state index in [2.05, 4.69) is 15.3 Å². The number of aromatic nitrogens is 2. The van der Waals surface area contributed by atoms with E-state index in [0.29, 0.717) is 48.9 Å². The van der Waals surface area contributed by atoms with Gasteiger partial charge in [-0.2, -0.15) is 4.98 Å². The Morgan fingerprint density at radius 3 is 1.88 bits per heavy atom. The first-order chi connectivity index (χ1) is 19.2. The van der Waals surface area contributed by atoms with Crippen molar-refractivity contribution < 1.29 is 19.1 Å². The second kappa shape index (κ2) is 14.6. The lowest BCUT2D eigenvalue weighted by Crippen LogP contribution is -2.48. The SMILES string of the molecule is CC(C)(C)OC(=O)N(CCCN(C(=O)OC(C)(C)C)[C@H]1CC[C@H](CNc2nc(N)cc(Cl)n2)CC1)C1CCCCC1. The van der Waals surface area contributed by atoms with Gasteiger partial charge in [-0.3, -0.25) is 0 Å². The van der Waals surface area contributed by atoms with Gasteiger partial charge in [-0.25, -0.2) is 14.6 Å². The molecule has 0 bridgehead atoms. The molecule has 0 unspecified atom stereocenters. The van der Waals surface area contributed by atoms with Crippen LogP contribution in [0.1, 0.15) is 106 Å². The highest BCUT2D eigenvalue weighted by molar-refractivity contribution is 6.29. The molecule has 1 heterocycles. The Hall–Kier alpha value is -2.49. The van der Waals surface area contributed by atoms with Crippen molar-refractivity contribution >= 4 is 35.6 Å². The van der Waals surface area contributed by atoms with Crippen LogP contribution in [0, 0.1) is 5.92 Å². The van der Waals surface area contributed by atoms with E-state index >= 15 is 0 Å². The second-order valence-electron chi connectivity index (χ2n) is 13.5. The van der Waals surface area contributed by atoms with E-state index in [1.165, 1.54) is 12.5 Å². The molecule has 0 saturated heterocycles. The van der Waals surface area contributed by atoms with Gasteiger partial charge in [0.05, 0.1) is 0 Å². The van der Waals surface area contributed by atoms with Gasteiger partial charge >= 0.3 is 12.2 Å². The van der Waals surface area contributed by atoms with E-state index in [1.807, 2.05) is 51.3 Å². The maximum atomic E-state index is 13.4. The number of carbonyl (C=O) groups is 2. The minimum absolute atomic E-state index is 0.0869. The first-order valence-electron chi connectivity index (χ1n) is 15.2. The van der Waals surface area contributed by atoms with Crippen LogP contribution in [0.25, 0.3) is 0 Å². The number of hydrogen-bond donors (Lipinski definition) is 2. The van der Waals surface area contributed by atoms with E-state index in [0.717, 1.165) is 51.4 Å². The molecule has 1 aromatic rings. The molecular formula is C30H51ClN6O4. The Bertz CT molecular complexity index is 977. The minimum Gasteiger partial charge on any atom is -0.444 e. The normalized spacial score (nSPS) is 20.3. The van der Waals surface area contributed by atoms with E-state index < -0.39 is 11.2 Å². The molecule has 11 heteroatoms. The van der Waals surface area contributed by atoms with Gasteiger partial charge in [-0.15, -0.1) is 0 Å². The summed E-state index contributed by atoms with van der Waals surface area (Å²) in [4.78, 5) is 38.7. The van der Waals surface area contributed by atoms with Gasteiger partial charge in [0.1, 0.15) is 22.2 Å². The average Bonchev–Trinajstić information content (AvgIpc) is 2.86. The van der Waals surface area contributed by atoms with Crippen LogP contribution in [0.4, 0.5) is 21.4 Å². The lowest BCUT2D eigenvalue weighted by molar-refractivity contribution is 0.00471. The Balaban J connectivity index is 1.60. The van der Waals surface area contributed by atoms with E-state index in [-0.39, 0.29) is 24.3 Å². The minimum atomic E-state index is -0.583. The average molecular weight is 595 g/mol. The van der Waals surface area contributed by atoms with Crippen LogP contribution in [0.15, 0.2) is 6.07 Å². The van der Waals surface area contributed by atoms with Crippen LogP contribution in [-0.2, 0) is 9.47 Å². The number of nitrogens with one attached hydrogen (secondary N) is 1. The standard InChI is InChI=1S/C30H51ClN6O4/c1-29(2,3)40-27(38)36(22-11-8-7-9-12-22)17-10-18-37(28(39)41-30(4,5)6)23-15-13-21(14-16-23)20-33-26-34-24(31)19-25(32)35-26/h19,21-23H,7-18,20H2,1-6H3,(H3,32,33,34,35)/t21-,23-. The molecule has 2 fully saturated rings. The van der Waals surface area contributed by atoms with Crippen LogP contribution >= 0.6 is 11.6 Å². The van der Waals surface area contributed by atoms with Crippen molar-refractivity contribution in [3.8, 4) is 0 Å². The number of nitrogen functional groups attached to an aromatic ring is 1. The summed E-state index contributed by atoms with van der Waals surface area (Å²) in [5.74, 6) is 1.18. The molecular weight excluding hydrogens is 544 g/mol. The number of carbonyl (C=O) groups excluding carboxylic acids is 2. The van der Waals surface area contributed by atoms with Gasteiger partial charge in [0, 0.05) is 37.8 Å². The summed E-state index contributed by atoms with van der Waals surface area (Å²) in [5.41, 5.74) is 4.65. The summed E-state index contributed by atoms with van der Waals surface area (Å²) in [7, 11) is 0. The Morgan fingerprint density at radius 1 is 0.878 bits per heavy atom. The van der Waals surface area contributed by atoms with Gasteiger partial charge in [0.2, 0.25) is 5.95 Å². The molecule has 232 valence electrons. The fraction of sp³-hybridized carbons (Fsp3) is 0.800. The molecule has 0 radical (unpaired) electrons. The van der Waals surface area contributed by atoms with Crippen molar-refractivity contribution in [1.82, 2.24) is 19.8 Å². The number of hydrogen-bond acceptors (Lipinski definition) is 8. The van der Waals surface area contributed by atoms with Crippen LogP contribution in [-0.4, -0.2) is 74.9 Å². The number of anilines is 2. The highest BCUT2D eigenvalue weighted by Crippen LogP contribution is 2.30. The Morgan fingerprint density at radius 2 is 1.39 bits per heavy atom. The summed E-state index contributed by atoms with van der Waals surface area (Å²) in [6, 6.07) is 1.80. The van der Waals surface area contributed by atoms with Gasteiger partial charge < -0.3 is 30.3 Å². The van der Waals surface area contributed by atoms with Crippen molar-refractivity contribution in [3.05, 3.63) is 11.2 Å². The molecule has 1 aromatic heterocycles. The summed E-state index contributed by atoms with van der Waals surface area (Å²) in [6.45, 7) is 13.2. The van der Waals surface area contributed by atoms with Crippen molar-refractivity contribution in [3.63, 3.8) is 0 Å². The number of halogens is 1. The van der Waals surface area contributed by atoms with E-state index in [1.54, 1.807) is 0 Å². The first kappa shape index (κ1) is 33.0. The van der Waals surface area contributed by atoms with Gasteiger partial charge in [0.25, 0.3) is 0 Å². The zero-order valence-electron chi connectivity index (χ0n) is 25.9. The summed E-state index contributed by atoms with van der Waals surface area (Å²) in [6.07, 6.45) is 9.26. The predicted molar refractivity (Wildman–Crippen MR) is 163 cm³/mol. The van der Waals surface area contributed by atoms with Crippen LogP contribution in [0.5, 0.6) is 0 Å². The van der Waals surface area contributed by atoms with Crippen LogP contribution in [0.2, 0.25) is 5.15 Å². The topological polar surface area (TPSA) is 123 Å². The lowest BCUT2D eigenvalue weighted by atomic mass is 9.85. The molecule has 2 amide bonds. The largest absolute Gasteiger partial charge is 0.444 e. The molecule has 2 aliphatic rings. The number of ether oxygens (including phenoxy) is 2. The maximum absolute atomic E-state index is 13.4. The molecule has 0 spiro atoms. The quantitative estimate of drug-likeness (QED) is 0.297. The smallest absolute Gasteiger partial charge is 0.410 e. The van der Waals surface area contributed by atoms with Crippen LogP contribution in [0.3, 0.4) is 0 Å². The molecule has 3 N–H and O–H groups in total. The lowest BCUT2D eigenvalue weighted by Gasteiger charge is -2.39. The van der Waals surface area contributed by atoms with Crippen molar-refractivity contribution in [2.45, 2.75) is 129 Å². The van der Waals surface area contributed by atoms with Gasteiger partial charge in [0.15, 0.2) is 0 Å². The molecule has 2 saturated carbocycles. The maximum Gasteiger partial charge on any atom is 0.410 e. The molecule has 2 aliphatic carbocycles. The predicted octanol–water partition coefficient (Wildman–Crippen LogP) is 6.88. The molecule has 41 heavy (non-hydrogen) atoms. The van der Waals surface area contributed by atoms with E-state index in [4.69, 9.17) is 26.8 Å². The number of nitrogens with zero attached hydrogens (tertiary/aromatic N) is 4. The molecule has 3 rings (SSSR count). The van der Waals surface area contributed by atoms with Crippen molar-refractivity contribution in [1.29, 1.82) is 0 Å². The molecule has 0 aliphatic heterocycles. The Kier molecular flexibility index (Phi) is 11.8. The number of rotatable bonds is 9. The zero-order chi connectivity index (χ0) is 30.2. The highest BCUT2D eigenvalue weighted by atomic mass is 35.5. The first-order valence-corrected chi connectivity index (χ1v) is 15.6. The summed E-state index contributed by atoms with van der Waals surface area (Å²) in [5, 5.41) is 3.57. The highest BCUT2D eigenvalue weighted by Gasteiger charge is 2.33. The van der Waals surface area contributed by atoms with Crippen LogP contribution < -0.4 is 11.1 Å². The molecule has 10 nitrogen and oxygen atoms in total. The third-order valence-corrected chi connectivity index (χ3v) is 7.78. The van der Waals surface area contributed by atoms with Gasteiger partial charge in [-0.1, -0.05) is 30.9 Å². The fourth-order valence-corrected chi connectivity index (χ4v) is 5.89. The third kappa shape index (κ3) is 11.4. The molecule has 0 aromatic carbocycles. The molecule has 0 atom stereocenters. The van der Waals surface area contributed by atoms with E-state index in [9.17, 15) is 9.59 Å². The zero-order valence-corrected chi connectivity index (χ0v) is 26.6. The summed E-state index contributed by atoms with van der Waals surface area (Å²) >= 11 is 6.00. The fourth-order valence-electron chi connectivity index (χ4n) is 5.70. The summed E-state index contributed by atoms with van der Waals surface area (Å²) < 4.78 is 11.6. The number of nitrogens with two attached hydrogens (primary N) is 1. The number of amides is 2. The van der Waals surface area contributed by atoms with Gasteiger partial charge in [-0.05, 0) is 92.4 Å². The Labute approximate surface area is 251 Å².